The molecule has 0 radical (unpaired) electrons. The van der Waals surface area contributed by atoms with Crippen molar-refractivity contribution in [2.24, 2.45) is 0 Å². The average Bonchev–Trinajstić information content (AvgIpc) is 2.92. The number of hydrogen-bond donors (Lipinski definition) is 2. The van der Waals surface area contributed by atoms with Crippen LogP contribution in [0.4, 0.5) is 10.6 Å². The van der Waals surface area contributed by atoms with Crippen LogP contribution in [-0.4, -0.2) is 50.0 Å². The van der Waals surface area contributed by atoms with E-state index in [-0.39, 0.29) is 12.6 Å². The van der Waals surface area contributed by atoms with Crippen molar-refractivity contribution < 1.29 is 9.90 Å². The Balaban J connectivity index is 1.85. The average molecular weight is 317 g/mol. The third-order valence-electron chi connectivity index (χ3n) is 3.23. The molecule has 0 aliphatic carbocycles. The molecule has 0 unspecified atom stereocenters. The van der Waals surface area contributed by atoms with Crippen molar-refractivity contribution in [3.63, 3.8) is 0 Å². The number of carbonyl (C=O) groups is 1. The number of urea groups is 1. The van der Waals surface area contributed by atoms with Crippen LogP contribution >= 0.6 is 0 Å². The molecule has 0 bridgehead atoms. The minimum Gasteiger partial charge on any atom is -0.389 e. The van der Waals surface area contributed by atoms with Crippen molar-refractivity contribution in [1.82, 2.24) is 19.7 Å². The highest BCUT2D eigenvalue weighted by Gasteiger charge is 2.19. The molecule has 2 amide bonds. The van der Waals surface area contributed by atoms with Gasteiger partial charge in [-0.15, -0.1) is 0 Å². The minimum atomic E-state index is -0.935. The second-order valence-corrected chi connectivity index (χ2v) is 6.17. The number of likely N-dealkylation sites (N-methyl/N-ethyl adjacent to an activating group) is 1. The topological polar surface area (TPSA) is 83.3 Å². The third-order valence-corrected chi connectivity index (χ3v) is 3.23. The minimum absolute atomic E-state index is 0.238. The molecule has 2 rings (SSSR count). The van der Waals surface area contributed by atoms with Gasteiger partial charge in [0.25, 0.3) is 0 Å². The van der Waals surface area contributed by atoms with E-state index < -0.39 is 5.60 Å². The van der Waals surface area contributed by atoms with Crippen LogP contribution in [-0.2, 0) is 13.0 Å². The lowest BCUT2D eigenvalue weighted by Crippen LogP contribution is -2.41. The molecule has 0 saturated carbocycles. The Labute approximate surface area is 136 Å². The van der Waals surface area contributed by atoms with Gasteiger partial charge >= 0.3 is 6.03 Å². The first kappa shape index (κ1) is 17.0. The largest absolute Gasteiger partial charge is 0.389 e. The number of nitrogens with one attached hydrogen (secondary N) is 1. The van der Waals surface area contributed by atoms with Crippen LogP contribution in [0.5, 0.6) is 0 Å². The Hall–Kier alpha value is -2.41. The molecule has 2 aromatic heterocycles. The van der Waals surface area contributed by atoms with E-state index in [2.05, 4.69) is 15.4 Å². The fourth-order valence-corrected chi connectivity index (χ4v) is 2.20. The fraction of sp³-hybridized carbons (Fsp3) is 0.438. The number of amides is 2. The summed E-state index contributed by atoms with van der Waals surface area (Å²) in [6.07, 6.45) is 6.20. The predicted octanol–water partition coefficient (Wildman–Crippen LogP) is 1.76. The second-order valence-electron chi connectivity index (χ2n) is 6.17. The molecule has 2 aromatic rings. The first-order valence-corrected chi connectivity index (χ1v) is 7.50. The Morgan fingerprint density at radius 3 is 2.70 bits per heavy atom. The number of anilines is 1. The van der Waals surface area contributed by atoms with Gasteiger partial charge in [-0.3, -0.25) is 15.0 Å². The molecule has 7 nitrogen and oxygen atoms in total. The Kier molecular flexibility index (Phi) is 5.33. The highest BCUT2D eigenvalue weighted by atomic mass is 16.3. The summed E-state index contributed by atoms with van der Waals surface area (Å²) in [7, 11) is 1.63. The zero-order valence-corrected chi connectivity index (χ0v) is 13.7. The quantitative estimate of drug-likeness (QED) is 0.850. The van der Waals surface area contributed by atoms with Crippen molar-refractivity contribution in [3.8, 4) is 0 Å². The van der Waals surface area contributed by atoms with Gasteiger partial charge in [0.15, 0.2) is 5.82 Å². The molecule has 0 aliphatic rings. The van der Waals surface area contributed by atoms with Crippen molar-refractivity contribution in [2.75, 3.05) is 18.9 Å². The van der Waals surface area contributed by atoms with Crippen LogP contribution in [0.15, 0.2) is 36.8 Å². The summed E-state index contributed by atoms with van der Waals surface area (Å²) in [5.74, 6) is 0.493. The summed E-state index contributed by atoms with van der Waals surface area (Å²) in [5.41, 5.74) is 0.252. The van der Waals surface area contributed by atoms with Gasteiger partial charge in [0.2, 0.25) is 0 Å². The smallest absolute Gasteiger partial charge is 0.322 e. The van der Waals surface area contributed by atoms with Gasteiger partial charge in [0.05, 0.1) is 12.1 Å². The van der Waals surface area contributed by atoms with Crippen LogP contribution < -0.4 is 5.32 Å². The van der Waals surface area contributed by atoms with E-state index in [0.29, 0.717) is 5.82 Å². The van der Waals surface area contributed by atoms with E-state index in [1.54, 1.807) is 44.0 Å². The Morgan fingerprint density at radius 2 is 2.04 bits per heavy atom. The first-order chi connectivity index (χ1) is 10.8. The number of aromatic nitrogens is 3. The van der Waals surface area contributed by atoms with E-state index in [1.807, 2.05) is 18.3 Å². The summed E-state index contributed by atoms with van der Waals surface area (Å²) in [6, 6.07) is 5.39. The molecule has 7 heteroatoms. The molecule has 2 N–H and O–H groups in total. The maximum Gasteiger partial charge on any atom is 0.322 e. The van der Waals surface area contributed by atoms with Gasteiger partial charge in [-0.1, -0.05) is 0 Å². The van der Waals surface area contributed by atoms with Gasteiger partial charge in [-0.25, -0.2) is 4.79 Å². The van der Waals surface area contributed by atoms with Crippen LogP contribution in [0.25, 0.3) is 0 Å². The fourth-order valence-electron chi connectivity index (χ4n) is 2.20. The molecule has 2 heterocycles. The molecule has 0 aromatic carbocycles. The van der Waals surface area contributed by atoms with Gasteiger partial charge in [0, 0.05) is 38.2 Å². The molecule has 0 atom stereocenters. The lowest BCUT2D eigenvalue weighted by atomic mass is 10.1. The Bertz CT molecular complexity index is 633. The number of rotatable bonds is 6. The van der Waals surface area contributed by atoms with E-state index in [9.17, 15) is 9.90 Å². The molecule has 23 heavy (non-hydrogen) atoms. The molecule has 0 fully saturated rings. The molecular weight excluding hydrogens is 294 g/mol. The second kappa shape index (κ2) is 7.23. The first-order valence-electron chi connectivity index (χ1n) is 7.50. The van der Waals surface area contributed by atoms with Crippen LogP contribution in [0.2, 0.25) is 0 Å². The van der Waals surface area contributed by atoms with Crippen molar-refractivity contribution in [1.29, 1.82) is 0 Å². The normalized spacial score (nSPS) is 11.3. The van der Waals surface area contributed by atoms with E-state index in [4.69, 9.17) is 0 Å². The summed E-state index contributed by atoms with van der Waals surface area (Å²) >= 11 is 0. The standard InChI is InChI=1S/C16H23N5O2/c1-16(2,23)12-20(3)15(22)18-14-7-11-21(19-14)10-6-13-4-8-17-9-5-13/h4-5,7-9,11,23H,6,10,12H2,1-3H3,(H,18,19,22). The lowest BCUT2D eigenvalue weighted by Gasteiger charge is -2.25. The molecule has 0 aliphatic heterocycles. The van der Waals surface area contributed by atoms with Gasteiger partial charge < -0.3 is 10.0 Å². The number of aliphatic hydroxyl groups is 1. The summed E-state index contributed by atoms with van der Waals surface area (Å²) in [5, 5.41) is 16.8. The Morgan fingerprint density at radius 1 is 1.35 bits per heavy atom. The van der Waals surface area contributed by atoms with Gasteiger partial charge in [-0.05, 0) is 38.0 Å². The number of hydrogen-bond acceptors (Lipinski definition) is 4. The van der Waals surface area contributed by atoms with Crippen molar-refractivity contribution in [2.45, 2.75) is 32.4 Å². The van der Waals surface area contributed by atoms with Gasteiger partial charge in [-0.2, -0.15) is 5.10 Å². The van der Waals surface area contributed by atoms with Crippen LogP contribution in [0, 0.1) is 0 Å². The molecule has 0 saturated heterocycles. The number of carbonyl (C=O) groups excluding carboxylic acids is 1. The molecular formula is C16H23N5O2. The number of nitrogens with zero attached hydrogens (tertiary/aromatic N) is 4. The third kappa shape index (κ3) is 5.71. The summed E-state index contributed by atoms with van der Waals surface area (Å²) in [6.45, 7) is 4.27. The summed E-state index contributed by atoms with van der Waals surface area (Å²) < 4.78 is 1.78. The van der Waals surface area contributed by atoms with E-state index in [1.165, 1.54) is 10.5 Å². The predicted molar refractivity (Wildman–Crippen MR) is 88.1 cm³/mol. The zero-order valence-electron chi connectivity index (χ0n) is 13.7. The van der Waals surface area contributed by atoms with Crippen LogP contribution in [0.1, 0.15) is 19.4 Å². The van der Waals surface area contributed by atoms with Crippen molar-refractivity contribution in [3.05, 3.63) is 42.4 Å². The van der Waals surface area contributed by atoms with Crippen molar-refractivity contribution >= 4 is 11.8 Å². The molecule has 0 spiro atoms. The van der Waals surface area contributed by atoms with E-state index in [0.717, 1.165) is 13.0 Å². The number of aryl methyl sites for hydroxylation is 2. The number of pyridine rings is 1. The SMILES string of the molecule is CN(CC(C)(C)O)C(=O)Nc1ccn(CCc2ccncc2)n1. The van der Waals surface area contributed by atoms with E-state index >= 15 is 0 Å². The maximum atomic E-state index is 12.0. The monoisotopic (exact) mass is 317 g/mol. The van der Waals surface area contributed by atoms with Crippen LogP contribution in [0.3, 0.4) is 0 Å². The highest BCUT2D eigenvalue weighted by Crippen LogP contribution is 2.08. The lowest BCUT2D eigenvalue weighted by molar-refractivity contribution is 0.0550. The summed E-state index contributed by atoms with van der Waals surface area (Å²) in [4.78, 5) is 17.4. The zero-order chi connectivity index (χ0) is 16.9. The maximum absolute atomic E-state index is 12.0. The molecule has 124 valence electrons. The highest BCUT2D eigenvalue weighted by molar-refractivity contribution is 5.88. The van der Waals surface area contributed by atoms with Gasteiger partial charge in [0.1, 0.15) is 0 Å².